The van der Waals surface area contributed by atoms with Gasteiger partial charge in [-0.05, 0) is 69.5 Å². The third kappa shape index (κ3) is 5.30. The first-order valence-electron chi connectivity index (χ1n) is 12.4. The average molecular weight is 463 g/mol. The van der Waals surface area contributed by atoms with Crippen molar-refractivity contribution >= 4 is 16.7 Å². The number of ether oxygens (including phenoxy) is 1. The highest BCUT2D eigenvalue weighted by atomic mass is 16.5. The quantitative estimate of drug-likeness (QED) is 0.483. The van der Waals surface area contributed by atoms with Crippen LogP contribution in [0.3, 0.4) is 0 Å². The Labute approximate surface area is 200 Å². The smallest absolute Gasteiger partial charge is 0.279 e. The van der Waals surface area contributed by atoms with Crippen LogP contribution in [0.5, 0.6) is 5.75 Å². The van der Waals surface area contributed by atoms with Crippen LogP contribution in [0.15, 0.2) is 53.3 Å². The van der Waals surface area contributed by atoms with Crippen molar-refractivity contribution in [3.05, 3.63) is 64.6 Å². The molecule has 1 saturated heterocycles. The molecule has 4 rings (SSSR count). The second-order valence-electron chi connectivity index (χ2n) is 8.74. The number of amides is 1. The third-order valence-corrected chi connectivity index (χ3v) is 6.54. The number of nitrogens with one attached hydrogen (secondary N) is 1. The van der Waals surface area contributed by atoms with Crippen molar-refractivity contribution in [2.75, 3.05) is 26.2 Å². The molecule has 0 aliphatic carbocycles. The Morgan fingerprint density at radius 1 is 1.09 bits per heavy atom. The fraction of sp³-hybridized carbons (Fsp3) is 0.444. The van der Waals surface area contributed by atoms with Crippen molar-refractivity contribution < 1.29 is 9.53 Å². The number of piperidine rings is 1. The van der Waals surface area contributed by atoms with Gasteiger partial charge in [-0.2, -0.15) is 9.78 Å². The second kappa shape index (κ2) is 11.3. The topological polar surface area (TPSA) is 76.5 Å². The number of nitrogens with zero attached hydrogens (tertiary/aromatic N) is 3. The van der Waals surface area contributed by atoms with Gasteiger partial charge < -0.3 is 15.0 Å². The van der Waals surface area contributed by atoms with Crippen LogP contribution in [-0.4, -0.2) is 52.9 Å². The minimum absolute atomic E-state index is 0.257. The Morgan fingerprint density at radius 3 is 2.59 bits per heavy atom. The minimum Gasteiger partial charge on any atom is -0.494 e. The Morgan fingerprint density at radius 2 is 1.85 bits per heavy atom. The summed E-state index contributed by atoms with van der Waals surface area (Å²) in [6.07, 6.45) is 5.90. The van der Waals surface area contributed by atoms with Crippen LogP contribution < -0.4 is 15.6 Å². The van der Waals surface area contributed by atoms with Crippen molar-refractivity contribution in [2.45, 2.75) is 52.0 Å². The first-order chi connectivity index (χ1) is 16.6. The van der Waals surface area contributed by atoms with E-state index in [0.717, 1.165) is 25.3 Å². The van der Waals surface area contributed by atoms with Gasteiger partial charge in [0.2, 0.25) is 0 Å². The SMILES string of the molecule is CCOc1ccc(-n2nc(C(=O)NCCCN3CCCCC3CC)c3ccccc3c2=O)cc1. The van der Waals surface area contributed by atoms with Crippen LogP contribution in [0.1, 0.15) is 56.4 Å². The van der Waals surface area contributed by atoms with E-state index in [2.05, 4.69) is 22.2 Å². The lowest BCUT2D eigenvalue weighted by atomic mass is 10.00. The van der Waals surface area contributed by atoms with Gasteiger partial charge in [-0.1, -0.05) is 31.5 Å². The first kappa shape index (κ1) is 24.0. The summed E-state index contributed by atoms with van der Waals surface area (Å²) in [5.74, 6) is 0.457. The van der Waals surface area contributed by atoms with Gasteiger partial charge in [0.1, 0.15) is 5.75 Å². The minimum atomic E-state index is -0.262. The molecule has 1 unspecified atom stereocenters. The number of carbonyl (C=O) groups excluding carboxylic acids is 1. The van der Waals surface area contributed by atoms with E-state index in [1.165, 1.54) is 30.4 Å². The monoisotopic (exact) mass is 462 g/mol. The normalized spacial score (nSPS) is 16.5. The van der Waals surface area contributed by atoms with E-state index in [4.69, 9.17) is 4.74 Å². The molecule has 1 aromatic heterocycles. The molecule has 2 aromatic carbocycles. The van der Waals surface area contributed by atoms with E-state index in [1.54, 1.807) is 42.5 Å². The summed E-state index contributed by atoms with van der Waals surface area (Å²) in [6.45, 7) is 7.44. The van der Waals surface area contributed by atoms with Gasteiger partial charge in [-0.15, -0.1) is 0 Å². The molecule has 0 bridgehead atoms. The highest BCUT2D eigenvalue weighted by Gasteiger charge is 2.21. The summed E-state index contributed by atoms with van der Waals surface area (Å²) in [5, 5.41) is 8.54. The maximum absolute atomic E-state index is 13.1. The van der Waals surface area contributed by atoms with Crippen LogP contribution in [0, 0.1) is 0 Å². The molecule has 180 valence electrons. The van der Waals surface area contributed by atoms with E-state index in [1.807, 2.05) is 13.0 Å². The molecule has 0 saturated carbocycles. The maximum atomic E-state index is 13.1. The number of aromatic nitrogens is 2. The number of hydrogen-bond acceptors (Lipinski definition) is 5. The molecule has 1 fully saturated rings. The van der Waals surface area contributed by atoms with E-state index >= 15 is 0 Å². The molecule has 1 amide bonds. The predicted octanol–water partition coefficient (Wildman–Crippen LogP) is 4.17. The van der Waals surface area contributed by atoms with E-state index in [9.17, 15) is 9.59 Å². The average Bonchev–Trinajstić information content (AvgIpc) is 2.88. The number of hydrogen-bond donors (Lipinski definition) is 1. The molecule has 3 aromatic rings. The summed E-state index contributed by atoms with van der Waals surface area (Å²) in [5.41, 5.74) is 0.587. The highest BCUT2D eigenvalue weighted by Crippen LogP contribution is 2.20. The molecule has 34 heavy (non-hydrogen) atoms. The Hall–Kier alpha value is -3.19. The lowest BCUT2D eigenvalue weighted by molar-refractivity contribution is 0.0942. The zero-order valence-electron chi connectivity index (χ0n) is 20.1. The summed E-state index contributed by atoms with van der Waals surface area (Å²) in [7, 11) is 0. The number of fused-ring (bicyclic) bond motifs is 1. The van der Waals surface area contributed by atoms with Crippen molar-refractivity contribution in [1.29, 1.82) is 0 Å². The zero-order valence-corrected chi connectivity index (χ0v) is 20.1. The molecule has 1 atom stereocenters. The fourth-order valence-electron chi connectivity index (χ4n) is 4.77. The summed E-state index contributed by atoms with van der Waals surface area (Å²) in [4.78, 5) is 28.8. The van der Waals surface area contributed by atoms with Gasteiger partial charge in [-0.25, -0.2) is 0 Å². The lowest BCUT2D eigenvalue weighted by Crippen LogP contribution is -2.40. The van der Waals surface area contributed by atoms with Gasteiger partial charge >= 0.3 is 0 Å². The van der Waals surface area contributed by atoms with Gasteiger partial charge in [0.25, 0.3) is 11.5 Å². The van der Waals surface area contributed by atoms with Gasteiger partial charge in [0, 0.05) is 24.5 Å². The number of benzene rings is 2. The largest absolute Gasteiger partial charge is 0.494 e. The molecular weight excluding hydrogens is 428 g/mol. The summed E-state index contributed by atoms with van der Waals surface area (Å²) < 4.78 is 6.79. The van der Waals surface area contributed by atoms with E-state index < -0.39 is 0 Å². The van der Waals surface area contributed by atoms with Crippen LogP contribution in [0.4, 0.5) is 0 Å². The molecule has 1 aliphatic heterocycles. The maximum Gasteiger partial charge on any atom is 0.279 e. The van der Waals surface area contributed by atoms with Gasteiger partial charge in [-0.3, -0.25) is 9.59 Å². The van der Waals surface area contributed by atoms with E-state index in [0.29, 0.717) is 35.7 Å². The second-order valence-corrected chi connectivity index (χ2v) is 8.74. The van der Waals surface area contributed by atoms with Gasteiger partial charge in [0.15, 0.2) is 5.69 Å². The van der Waals surface area contributed by atoms with Crippen LogP contribution in [0.2, 0.25) is 0 Å². The van der Waals surface area contributed by atoms with Crippen molar-refractivity contribution in [3.8, 4) is 11.4 Å². The zero-order chi connectivity index (χ0) is 23.9. The van der Waals surface area contributed by atoms with Gasteiger partial charge in [0.05, 0.1) is 17.7 Å². The molecule has 1 N–H and O–H groups in total. The Kier molecular flexibility index (Phi) is 7.95. The predicted molar refractivity (Wildman–Crippen MR) is 135 cm³/mol. The fourth-order valence-corrected chi connectivity index (χ4v) is 4.77. The Balaban J connectivity index is 1.52. The molecule has 1 aliphatic rings. The number of rotatable bonds is 9. The summed E-state index contributed by atoms with van der Waals surface area (Å²) in [6, 6.07) is 14.9. The number of carbonyl (C=O) groups is 1. The van der Waals surface area contributed by atoms with Crippen molar-refractivity contribution in [2.24, 2.45) is 0 Å². The lowest BCUT2D eigenvalue weighted by Gasteiger charge is -2.35. The molecular formula is C27H34N4O3. The van der Waals surface area contributed by atoms with Crippen LogP contribution in [-0.2, 0) is 0 Å². The molecule has 7 heteroatoms. The first-order valence-corrected chi connectivity index (χ1v) is 12.4. The summed E-state index contributed by atoms with van der Waals surface area (Å²) >= 11 is 0. The van der Waals surface area contributed by atoms with Crippen LogP contribution >= 0.6 is 0 Å². The molecule has 0 radical (unpaired) electrons. The third-order valence-electron chi connectivity index (χ3n) is 6.54. The van der Waals surface area contributed by atoms with Crippen molar-refractivity contribution in [1.82, 2.24) is 20.0 Å². The van der Waals surface area contributed by atoms with Crippen molar-refractivity contribution in [3.63, 3.8) is 0 Å². The van der Waals surface area contributed by atoms with E-state index in [-0.39, 0.29) is 17.2 Å². The highest BCUT2D eigenvalue weighted by molar-refractivity contribution is 6.04. The molecule has 0 spiro atoms. The molecule has 2 heterocycles. The van der Waals surface area contributed by atoms with Crippen LogP contribution in [0.25, 0.3) is 16.5 Å². The standard InChI is InChI=1S/C27H34N4O3/c1-3-20-10-7-8-18-30(20)19-9-17-28-26(32)25-23-11-5-6-12-24(23)27(33)31(29-25)21-13-15-22(16-14-21)34-4-2/h5-6,11-16,20H,3-4,7-10,17-19H2,1-2H3,(H,28,32). The molecule has 7 nitrogen and oxygen atoms in total. The number of likely N-dealkylation sites (tertiary alicyclic amines) is 1. The Bertz CT molecular complexity index is 1170.